The van der Waals surface area contributed by atoms with Crippen LogP contribution in [0.1, 0.15) is 28.8 Å². The molecule has 27 heavy (non-hydrogen) atoms. The van der Waals surface area contributed by atoms with E-state index in [0.29, 0.717) is 17.4 Å². The summed E-state index contributed by atoms with van der Waals surface area (Å²) in [6.07, 6.45) is 2.04. The van der Waals surface area contributed by atoms with Gasteiger partial charge in [-0.1, -0.05) is 6.07 Å². The highest BCUT2D eigenvalue weighted by Crippen LogP contribution is 2.27. The number of aryl methyl sites for hydroxylation is 2. The number of hydrogen-bond donors (Lipinski definition) is 1. The molecule has 2 aromatic rings. The van der Waals surface area contributed by atoms with E-state index in [4.69, 9.17) is 4.74 Å². The van der Waals surface area contributed by atoms with Crippen LogP contribution in [0.25, 0.3) is 0 Å². The van der Waals surface area contributed by atoms with Crippen LogP contribution in [0.3, 0.4) is 0 Å². The van der Waals surface area contributed by atoms with Crippen molar-refractivity contribution in [1.82, 2.24) is 9.62 Å². The van der Waals surface area contributed by atoms with E-state index in [1.54, 1.807) is 30.6 Å². The summed E-state index contributed by atoms with van der Waals surface area (Å²) in [5.74, 6) is 1.13. The minimum atomic E-state index is -3.50. The maximum absolute atomic E-state index is 12.7. The van der Waals surface area contributed by atoms with E-state index in [0.717, 1.165) is 49.4 Å². The molecule has 0 saturated carbocycles. The number of benzene rings is 1. The van der Waals surface area contributed by atoms with Crippen molar-refractivity contribution in [3.05, 3.63) is 45.6 Å². The maximum Gasteiger partial charge on any atom is 0.240 e. The van der Waals surface area contributed by atoms with Crippen molar-refractivity contribution in [2.45, 2.75) is 38.1 Å². The number of thiophene rings is 1. The van der Waals surface area contributed by atoms with Crippen molar-refractivity contribution in [3.8, 4) is 5.75 Å². The average Bonchev–Trinajstić information content (AvgIpc) is 3.14. The van der Waals surface area contributed by atoms with Gasteiger partial charge < -0.3 is 4.74 Å². The summed E-state index contributed by atoms with van der Waals surface area (Å²) < 4.78 is 33.5. The van der Waals surface area contributed by atoms with Crippen LogP contribution in [-0.2, 0) is 16.6 Å². The largest absolute Gasteiger partial charge is 0.496 e. The number of nitrogens with one attached hydrogen (secondary N) is 1. The standard InChI is InChI=1S/C20H28N2O3S2/c1-15-11-19(12-16(2)20(15)25-3)27(23,24)21-13-17-6-8-22(9-7-17)14-18-5-4-10-26-18/h4-5,10-12,17,21H,6-9,13-14H2,1-3H3. The molecule has 2 heterocycles. The van der Waals surface area contributed by atoms with Gasteiger partial charge in [-0.25, -0.2) is 13.1 Å². The first kappa shape index (κ1) is 20.3. The second kappa shape index (κ2) is 8.73. The van der Waals surface area contributed by atoms with Gasteiger partial charge in [0.15, 0.2) is 0 Å². The lowest BCUT2D eigenvalue weighted by molar-refractivity contribution is 0.180. The van der Waals surface area contributed by atoms with Gasteiger partial charge in [0.05, 0.1) is 12.0 Å². The zero-order chi connectivity index (χ0) is 19.4. The van der Waals surface area contributed by atoms with Crippen LogP contribution in [0, 0.1) is 19.8 Å². The molecule has 1 aliphatic heterocycles. The van der Waals surface area contributed by atoms with Gasteiger partial charge in [-0.15, -0.1) is 11.3 Å². The van der Waals surface area contributed by atoms with Crippen LogP contribution in [0.4, 0.5) is 0 Å². The predicted octanol–water partition coefficient (Wildman–Crippen LogP) is 3.56. The molecule has 7 heteroatoms. The zero-order valence-electron chi connectivity index (χ0n) is 16.2. The van der Waals surface area contributed by atoms with Crippen LogP contribution in [-0.4, -0.2) is 40.1 Å². The summed E-state index contributed by atoms with van der Waals surface area (Å²) in [6.45, 7) is 7.28. The molecule has 1 aliphatic rings. The number of likely N-dealkylation sites (tertiary alicyclic amines) is 1. The molecule has 0 amide bonds. The number of hydrogen-bond acceptors (Lipinski definition) is 5. The van der Waals surface area contributed by atoms with Crippen molar-refractivity contribution >= 4 is 21.4 Å². The predicted molar refractivity (Wildman–Crippen MR) is 110 cm³/mol. The molecule has 0 spiro atoms. The van der Waals surface area contributed by atoms with E-state index in [1.165, 1.54) is 4.88 Å². The monoisotopic (exact) mass is 408 g/mol. The Morgan fingerprint density at radius 2 is 1.89 bits per heavy atom. The number of methoxy groups -OCH3 is 1. The first-order valence-electron chi connectivity index (χ1n) is 9.28. The Morgan fingerprint density at radius 1 is 1.22 bits per heavy atom. The highest BCUT2D eigenvalue weighted by Gasteiger charge is 2.23. The van der Waals surface area contributed by atoms with Crippen LogP contribution < -0.4 is 9.46 Å². The van der Waals surface area contributed by atoms with Crippen molar-refractivity contribution in [1.29, 1.82) is 0 Å². The third-order valence-electron chi connectivity index (χ3n) is 5.18. The summed E-state index contributed by atoms with van der Waals surface area (Å²) >= 11 is 1.79. The molecular weight excluding hydrogens is 380 g/mol. The quantitative estimate of drug-likeness (QED) is 0.761. The first-order valence-corrected chi connectivity index (χ1v) is 11.6. The number of nitrogens with zero attached hydrogens (tertiary/aromatic N) is 1. The van der Waals surface area contributed by atoms with E-state index in [9.17, 15) is 8.42 Å². The molecule has 0 unspecified atom stereocenters. The van der Waals surface area contributed by atoms with E-state index in [1.807, 2.05) is 13.8 Å². The van der Waals surface area contributed by atoms with E-state index < -0.39 is 10.0 Å². The molecular formula is C20H28N2O3S2. The Balaban J connectivity index is 1.54. The minimum absolute atomic E-state index is 0.313. The van der Waals surface area contributed by atoms with Gasteiger partial charge in [-0.05, 0) is 80.4 Å². The third-order valence-corrected chi connectivity index (χ3v) is 7.44. The Morgan fingerprint density at radius 3 is 2.44 bits per heavy atom. The fourth-order valence-corrected chi connectivity index (χ4v) is 5.70. The van der Waals surface area contributed by atoms with Crippen LogP contribution in [0.5, 0.6) is 5.75 Å². The van der Waals surface area contributed by atoms with Gasteiger partial charge in [0.1, 0.15) is 5.75 Å². The minimum Gasteiger partial charge on any atom is -0.496 e. The van der Waals surface area contributed by atoms with Crippen molar-refractivity contribution in [2.75, 3.05) is 26.7 Å². The second-order valence-corrected chi connectivity index (χ2v) is 10.0. The summed E-state index contributed by atoms with van der Waals surface area (Å²) in [5.41, 5.74) is 1.67. The van der Waals surface area contributed by atoms with Gasteiger partial charge in [0.25, 0.3) is 0 Å². The van der Waals surface area contributed by atoms with E-state index in [-0.39, 0.29) is 0 Å². The molecule has 1 aromatic heterocycles. The molecule has 3 rings (SSSR count). The summed E-state index contributed by atoms with van der Waals surface area (Å²) in [6, 6.07) is 7.61. The molecule has 1 fully saturated rings. The van der Waals surface area contributed by atoms with Crippen LogP contribution in [0.15, 0.2) is 34.5 Å². The van der Waals surface area contributed by atoms with Gasteiger partial charge >= 0.3 is 0 Å². The maximum atomic E-state index is 12.7. The Hall–Kier alpha value is -1.41. The van der Waals surface area contributed by atoms with Crippen LogP contribution >= 0.6 is 11.3 Å². The third kappa shape index (κ3) is 5.10. The normalized spacial score (nSPS) is 16.6. The van der Waals surface area contributed by atoms with Gasteiger partial charge in [0, 0.05) is 18.0 Å². The summed E-state index contributed by atoms with van der Waals surface area (Å²) in [7, 11) is -1.90. The highest BCUT2D eigenvalue weighted by atomic mass is 32.2. The fourth-order valence-electron chi connectivity index (χ4n) is 3.67. The molecule has 0 bridgehead atoms. The molecule has 0 radical (unpaired) electrons. The van der Waals surface area contributed by atoms with Gasteiger partial charge in [-0.3, -0.25) is 4.90 Å². The Labute approximate surface area is 166 Å². The molecule has 1 aromatic carbocycles. The molecule has 5 nitrogen and oxygen atoms in total. The lowest BCUT2D eigenvalue weighted by Crippen LogP contribution is -2.38. The highest BCUT2D eigenvalue weighted by molar-refractivity contribution is 7.89. The van der Waals surface area contributed by atoms with E-state index in [2.05, 4.69) is 27.1 Å². The smallest absolute Gasteiger partial charge is 0.240 e. The van der Waals surface area contributed by atoms with Gasteiger partial charge in [0.2, 0.25) is 10.0 Å². The van der Waals surface area contributed by atoms with Crippen LogP contribution in [0.2, 0.25) is 0 Å². The van der Waals surface area contributed by atoms with Crippen molar-refractivity contribution < 1.29 is 13.2 Å². The topological polar surface area (TPSA) is 58.6 Å². The molecule has 0 atom stereocenters. The number of piperidine rings is 1. The molecule has 0 aliphatic carbocycles. The average molecular weight is 409 g/mol. The summed E-state index contributed by atoms with van der Waals surface area (Å²) in [5, 5.41) is 2.11. The van der Waals surface area contributed by atoms with Crippen molar-refractivity contribution in [3.63, 3.8) is 0 Å². The second-order valence-electron chi connectivity index (χ2n) is 7.24. The summed E-state index contributed by atoms with van der Waals surface area (Å²) in [4.78, 5) is 4.15. The Kier molecular flexibility index (Phi) is 6.57. The SMILES string of the molecule is COc1c(C)cc(S(=O)(=O)NCC2CCN(Cc3cccs3)CC2)cc1C. The lowest BCUT2D eigenvalue weighted by atomic mass is 9.97. The van der Waals surface area contributed by atoms with Crippen molar-refractivity contribution in [2.24, 2.45) is 5.92 Å². The molecule has 148 valence electrons. The molecule has 1 N–H and O–H groups in total. The lowest BCUT2D eigenvalue weighted by Gasteiger charge is -2.31. The molecule has 1 saturated heterocycles. The number of ether oxygens (including phenoxy) is 1. The fraction of sp³-hybridized carbons (Fsp3) is 0.500. The number of sulfonamides is 1. The first-order chi connectivity index (χ1) is 12.9. The Bertz CT molecular complexity index is 832. The zero-order valence-corrected chi connectivity index (χ0v) is 17.8. The van der Waals surface area contributed by atoms with E-state index >= 15 is 0 Å². The van der Waals surface area contributed by atoms with Gasteiger partial charge in [-0.2, -0.15) is 0 Å². The number of rotatable bonds is 7.